The van der Waals surface area contributed by atoms with Crippen molar-refractivity contribution in [2.45, 2.75) is 39.2 Å². The average Bonchev–Trinajstić information content (AvgIpc) is 2.36. The normalized spacial score (nSPS) is 20.9. The van der Waals surface area contributed by atoms with Gasteiger partial charge >= 0.3 is 5.97 Å². The van der Waals surface area contributed by atoms with Gasteiger partial charge in [0.2, 0.25) is 0 Å². The molecule has 1 aliphatic rings. The summed E-state index contributed by atoms with van der Waals surface area (Å²) in [6.07, 6.45) is 4.02. The number of methoxy groups -OCH3 is 1. The summed E-state index contributed by atoms with van der Waals surface area (Å²) in [6.45, 7) is 8.29. The second kappa shape index (κ2) is 7.67. The predicted octanol–water partition coefficient (Wildman–Crippen LogP) is 1.26. The van der Waals surface area contributed by atoms with Gasteiger partial charge in [-0.3, -0.25) is 4.79 Å². The van der Waals surface area contributed by atoms with Gasteiger partial charge in [-0.15, -0.1) is 0 Å². The maximum Gasteiger partial charge on any atom is 0.309 e. The lowest BCUT2D eigenvalue weighted by molar-refractivity contribution is -0.144. The first-order chi connectivity index (χ1) is 8.13. The third-order valence-corrected chi connectivity index (χ3v) is 3.36. The highest BCUT2D eigenvalue weighted by atomic mass is 16.5. The predicted molar refractivity (Wildman–Crippen MR) is 68.9 cm³/mol. The minimum atomic E-state index is -0.136. The molecule has 0 bridgehead atoms. The molecule has 1 rings (SSSR count). The van der Waals surface area contributed by atoms with Crippen LogP contribution in [0.5, 0.6) is 0 Å². The number of nitrogens with zero attached hydrogens (tertiary/aromatic N) is 1. The van der Waals surface area contributed by atoms with Crippen LogP contribution in [0.4, 0.5) is 0 Å². The molecule has 1 N–H and O–H groups in total. The van der Waals surface area contributed by atoms with Crippen LogP contribution in [0.25, 0.3) is 0 Å². The Balaban J connectivity index is 2.15. The Kier molecular flexibility index (Phi) is 6.52. The molecule has 0 aliphatic carbocycles. The maximum atomic E-state index is 11.2. The highest BCUT2D eigenvalue weighted by Crippen LogP contribution is 2.08. The molecule has 1 saturated heterocycles. The molecule has 2 atom stereocenters. The van der Waals surface area contributed by atoms with E-state index in [-0.39, 0.29) is 11.9 Å². The molecule has 4 heteroatoms. The highest BCUT2D eigenvalue weighted by molar-refractivity contribution is 5.72. The molecule has 17 heavy (non-hydrogen) atoms. The molecule has 0 radical (unpaired) electrons. The summed E-state index contributed by atoms with van der Waals surface area (Å²) in [5.41, 5.74) is 0. The smallest absolute Gasteiger partial charge is 0.309 e. The fraction of sp³-hybridized carbons (Fsp3) is 0.923. The summed E-state index contributed by atoms with van der Waals surface area (Å²) in [5.74, 6) is -0.202. The van der Waals surface area contributed by atoms with Crippen molar-refractivity contribution >= 4 is 5.97 Å². The Hall–Kier alpha value is -0.610. The Bertz CT molecular complexity index is 227. The summed E-state index contributed by atoms with van der Waals surface area (Å²) in [5, 5.41) is 3.40. The van der Waals surface area contributed by atoms with Crippen LogP contribution in [-0.4, -0.2) is 50.2 Å². The van der Waals surface area contributed by atoms with Gasteiger partial charge in [0.25, 0.3) is 0 Å². The first kappa shape index (κ1) is 14.5. The Labute approximate surface area is 105 Å². The fourth-order valence-corrected chi connectivity index (χ4v) is 2.26. The van der Waals surface area contributed by atoms with Crippen LogP contribution in [0.3, 0.4) is 0 Å². The number of ether oxygens (including phenoxy) is 1. The molecular formula is C13H26N2O2. The van der Waals surface area contributed by atoms with Gasteiger partial charge in [-0.25, -0.2) is 0 Å². The monoisotopic (exact) mass is 242 g/mol. The number of piperidine rings is 1. The maximum absolute atomic E-state index is 11.2. The van der Waals surface area contributed by atoms with Gasteiger partial charge < -0.3 is 15.0 Å². The van der Waals surface area contributed by atoms with E-state index in [0.29, 0.717) is 12.6 Å². The molecule has 0 spiro atoms. The molecule has 2 unspecified atom stereocenters. The number of hydrogen-bond acceptors (Lipinski definition) is 4. The molecule has 0 saturated carbocycles. The van der Waals surface area contributed by atoms with Gasteiger partial charge in [0.05, 0.1) is 13.0 Å². The van der Waals surface area contributed by atoms with Crippen molar-refractivity contribution in [2.75, 3.05) is 33.3 Å². The van der Waals surface area contributed by atoms with Crippen LogP contribution < -0.4 is 5.32 Å². The minimum Gasteiger partial charge on any atom is -0.469 e. The van der Waals surface area contributed by atoms with Crippen molar-refractivity contribution in [3.05, 3.63) is 0 Å². The number of rotatable bonds is 6. The molecule has 0 aromatic carbocycles. The lowest BCUT2D eigenvalue weighted by atomic mass is 10.1. The number of nitrogens with one attached hydrogen (secondary N) is 1. The van der Waals surface area contributed by atoms with Gasteiger partial charge in [0.15, 0.2) is 0 Å². The first-order valence-corrected chi connectivity index (χ1v) is 6.67. The third kappa shape index (κ3) is 5.50. The molecule has 0 aromatic rings. The van der Waals surface area contributed by atoms with E-state index in [1.807, 2.05) is 6.92 Å². The van der Waals surface area contributed by atoms with Crippen molar-refractivity contribution in [1.29, 1.82) is 0 Å². The molecule has 0 amide bonds. The molecule has 1 fully saturated rings. The Morgan fingerprint density at radius 1 is 1.29 bits per heavy atom. The summed E-state index contributed by atoms with van der Waals surface area (Å²) in [4.78, 5) is 13.7. The largest absolute Gasteiger partial charge is 0.469 e. The standard InChI is InChI=1S/C13H26N2O2/c1-11(13(16)17-3)9-14-12(2)10-15-7-5-4-6-8-15/h11-12,14H,4-10H2,1-3H3. The highest BCUT2D eigenvalue weighted by Gasteiger charge is 2.16. The summed E-state index contributed by atoms with van der Waals surface area (Å²) in [7, 11) is 1.44. The van der Waals surface area contributed by atoms with Gasteiger partial charge in [0, 0.05) is 19.1 Å². The van der Waals surface area contributed by atoms with Crippen LogP contribution in [0.15, 0.2) is 0 Å². The molecule has 0 aromatic heterocycles. The third-order valence-electron chi connectivity index (χ3n) is 3.36. The van der Waals surface area contributed by atoms with E-state index in [1.54, 1.807) is 0 Å². The molecule has 4 nitrogen and oxygen atoms in total. The van der Waals surface area contributed by atoms with Gasteiger partial charge in [-0.2, -0.15) is 0 Å². The van der Waals surface area contributed by atoms with E-state index in [0.717, 1.165) is 6.54 Å². The van der Waals surface area contributed by atoms with Crippen molar-refractivity contribution in [3.8, 4) is 0 Å². The summed E-state index contributed by atoms with van der Waals surface area (Å²) >= 11 is 0. The van der Waals surface area contributed by atoms with Crippen LogP contribution >= 0.6 is 0 Å². The zero-order valence-electron chi connectivity index (χ0n) is 11.4. The van der Waals surface area contributed by atoms with Gasteiger partial charge in [-0.1, -0.05) is 13.3 Å². The van der Waals surface area contributed by atoms with Crippen molar-refractivity contribution in [3.63, 3.8) is 0 Å². The minimum absolute atomic E-state index is 0.0659. The quantitative estimate of drug-likeness (QED) is 0.712. The fourth-order valence-electron chi connectivity index (χ4n) is 2.26. The van der Waals surface area contributed by atoms with Gasteiger partial charge in [0.1, 0.15) is 0 Å². The lowest BCUT2D eigenvalue weighted by Crippen LogP contribution is -2.43. The number of carbonyl (C=O) groups excluding carboxylic acids is 1. The zero-order valence-corrected chi connectivity index (χ0v) is 11.4. The summed E-state index contributed by atoms with van der Waals surface area (Å²) in [6, 6.07) is 0.431. The van der Waals surface area contributed by atoms with Crippen LogP contribution in [-0.2, 0) is 9.53 Å². The second-order valence-electron chi connectivity index (χ2n) is 5.09. The second-order valence-corrected chi connectivity index (χ2v) is 5.09. The van der Waals surface area contributed by atoms with E-state index in [1.165, 1.54) is 39.5 Å². The molecule has 1 heterocycles. The van der Waals surface area contributed by atoms with Crippen LogP contribution in [0.2, 0.25) is 0 Å². The first-order valence-electron chi connectivity index (χ1n) is 6.67. The number of esters is 1. The molecule has 100 valence electrons. The van der Waals surface area contributed by atoms with E-state index in [2.05, 4.69) is 17.1 Å². The van der Waals surface area contributed by atoms with E-state index >= 15 is 0 Å². The number of hydrogen-bond donors (Lipinski definition) is 1. The van der Waals surface area contributed by atoms with Crippen molar-refractivity contribution < 1.29 is 9.53 Å². The Morgan fingerprint density at radius 2 is 1.94 bits per heavy atom. The van der Waals surface area contributed by atoms with Crippen molar-refractivity contribution in [2.24, 2.45) is 5.92 Å². The lowest BCUT2D eigenvalue weighted by Gasteiger charge is -2.29. The molecular weight excluding hydrogens is 216 g/mol. The van der Waals surface area contributed by atoms with E-state index < -0.39 is 0 Å². The van der Waals surface area contributed by atoms with E-state index in [9.17, 15) is 4.79 Å². The molecule has 1 aliphatic heterocycles. The Morgan fingerprint density at radius 3 is 2.53 bits per heavy atom. The number of carbonyl (C=O) groups is 1. The topological polar surface area (TPSA) is 41.6 Å². The average molecular weight is 242 g/mol. The SMILES string of the molecule is COC(=O)C(C)CNC(C)CN1CCCCC1. The van der Waals surface area contributed by atoms with Crippen LogP contribution in [0, 0.1) is 5.92 Å². The van der Waals surface area contributed by atoms with Gasteiger partial charge in [-0.05, 0) is 32.9 Å². The van der Waals surface area contributed by atoms with E-state index in [4.69, 9.17) is 4.74 Å². The van der Waals surface area contributed by atoms with Crippen LogP contribution in [0.1, 0.15) is 33.1 Å². The zero-order chi connectivity index (χ0) is 12.7. The number of likely N-dealkylation sites (tertiary alicyclic amines) is 1. The van der Waals surface area contributed by atoms with Crippen molar-refractivity contribution in [1.82, 2.24) is 10.2 Å². The summed E-state index contributed by atoms with van der Waals surface area (Å²) < 4.78 is 4.70.